The molecule has 2 atom stereocenters. The van der Waals surface area contributed by atoms with Crippen LogP contribution in [-0.4, -0.2) is 70.1 Å². The van der Waals surface area contributed by atoms with Crippen LogP contribution in [0.15, 0.2) is 36.7 Å². The highest BCUT2D eigenvalue weighted by Crippen LogP contribution is 2.48. The van der Waals surface area contributed by atoms with E-state index in [0.717, 1.165) is 37.5 Å². The lowest BCUT2D eigenvalue weighted by Crippen LogP contribution is -2.68. The number of aromatic nitrogens is 2. The van der Waals surface area contributed by atoms with Crippen molar-refractivity contribution in [3.63, 3.8) is 0 Å². The van der Waals surface area contributed by atoms with E-state index in [1.807, 2.05) is 23.1 Å². The van der Waals surface area contributed by atoms with Crippen LogP contribution < -0.4 is 10.2 Å². The molecule has 0 radical (unpaired) electrons. The summed E-state index contributed by atoms with van der Waals surface area (Å²) in [6, 6.07) is 10.5. The van der Waals surface area contributed by atoms with Crippen LogP contribution in [0.2, 0.25) is 5.02 Å². The Balaban J connectivity index is 1.08. The number of rotatable bonds is 4. The molecule has 3 heterocycles. The van der Waals surface area contributed by atoms with E-state index in [-0.39, 0.29) is 24.2 Å². The zero-order chi connectivity index (χ0) is 23.9. The highest BCUT2D eigenvalue weighted by atomic mass is 35.5. The molecule has 5 rings (SSSR count). The van der Waals surface area contributed by atoms with Crippen molar-refractivity contribution in [1.82, 2.24) is 25.1 Å². The second-order valence-electron chi connectivity index (χ2n) is 10.2. The van der Waals surface area contributed by atoms with E-state index in [2.05, 4.69) is 51.1 Å². The van der Waals surface area contributed by atoms with Crippen molar-refractivity contribution in [3.8, 4) is 6.07 Å². The maximum absolute atomic E-state index is 13.1. The van der Waals surface area contributed by atoms with Crippen LogP contribution in [0.3, 0.4) is 0 Å². The van der Waals surface area contributed by atoms with Crippen molar-refractivity contribution in [1.29, 1.82) is 5.26 Å². The average molecular weight is 480 g/mol. The Morgan fingerprint density at radius 1 is 1.15 bits per heavy atom. The van der Waals surface area contributed by atoms with Crippen molar-refractivity contribution in [3.05, 3.63) is 52.8 Å². The van der Waals surface area contributed by atoms with E-state index < -0.39 is 0 Å². The Morgan fingerprint density at radius 3 is 2.35 bits per heavy atom. The molecular weight excluding hydrogens is 450 g/mol. The van der Waals surface area contributed by atoms with Crippen LogP contribution in [0, 0.1) is 16.7 Å². The minimum absolute atomic E-state index is 0.0255. The Kier molecular flexibility index (Phi) is 6.09. The Labute approximate surface area is 205 Å². The molecule has 2 aromatic rings. The maximum Gasteiger partial charge on any atom is 0.318 e. The summed E-state index contributed by atoms with van der Waals surface area (Å²) >= 11 is 5.98. The summed E-state index contributed by atoms with van der Waals surface area (Å²) in [7, 11) is 0. The largest absolute Gasteiger partial charge is 0.337 e. The first-order chi connectivity index (χ1) is 16.3. The number of anilines is 1. The summed E-state index contributed by atoms with van der Waals surface area (Å²) in [5.41, 5.74) is 2.10. The number of carbonyl (C=O) groups excluding carboxylic acids is 1. The van der Waals surface area contributed by atoms with Gasteiger partial charge in [-0.05, 0) is 49.8 Å². The molecule has 9 heteroatoms. The predicted octanol–water partition coefficient (Wildman–Crippen LogP) is 3.27. The number of amides is 2. The molecular formula is C25H30ClN7O. The van der Waals surface area contributed by atoms with Crippen molar-refractivity contribution in [2.45, 2.75) is 51.4 Å². The second kappa shape index (κ2) is 9.05. The number of carbonyl (C=O) groups is 1. The van der Waals surface area contributed by atoms with Gasteiger partial charge in [0.25, 0.3) is 0 Å². The van der Waals surface area contributed by atoms with Crippen molar-refractivity contribution < 1.29 is 4.79 Å². The number of hydrogen-bond donors (Lipinski definition) is 1. The smallest absolute Gasteiger partial charge is 0.318 e. The summed E-state index contributed by atoms with van der Waals surface area (Å²) < 4.78 is 0. The fourth-order valence-corrected chi connectivity index (χ4v) is 6.01. The van der Waals surface area contributed by atoms with E-state index in [0.29, 0.717) is 30.0 Å². The number of nitrogens with one attached hydrogen (secondary N) is 1. The molecule has 0 bridgehead atoms. The molecule has 3 aliphatic rings. The first-order valence-corrected chi connectivity index (χ1v) is 12.2. The number of piperazine rings is 1. The summed E-state index contributed by atoms with van der Waals surface area (Å²) in [5, 5.41) is 13.0. The lowest BCUT2D eigenvalue weighted by atomic mass is 9.60. The first kappa shape index (κ1) is 22.9. The van der Waals surface area contributed by atoms with Gasteiger partial charge in [-0.15, -0.1) is 0 Å². The third-order valence-electron chi connectivity index (χ3n) is 7.33. The number of nitrogens with zero attached hydrogens (tertiary/aromatic N) is 6. The van der Waals surface area contributed by atoms with E-state index in [9.17, 15) is 4.79 Å². The fourth-order valence-electron chi connectivity index (χ4n) is 5.89. The van der Waals surface area contributed by atoms with Crippen molar-refractivity contribution in [2.24, 2.45) is 5.41 Å². The van der Waals surface area contributed by atoms with Crippen molar-refractivity contribution >= 4 is 23.6 Å². The fraction of sp³-hybridized carbons (Fsp3) is 0.520. The number of hydrogen-bond acceptors (Lipinski definition) is 6. The van der Waals surface area contributed by atoms with Gasteiger partial charge in [0.1, 0.15) is 6.07 Å². The number of benzene rings is 1. The molecule has 1 aromatic carbocycles. The Morgan fingerprint density at radius 2 is 1.76 bits per heavy atom. The van der Waals surface area contributed by atoms with Gasteiger partial charge in [-0.1, -0.05) is 23.7 Å². The van der Waals surface area contributed by atoms with Gasteiger partial charge in [-0.25, -0.2) is 14.8 Å². The van der Waals surface area contributed by atoms with Gasteiger partial charge in [0.2, 0.25) is 5.95 Å². The van der Waals surface area contributed by atoms with Crippen LogP contribution in [0.1, 0.15) is 37.8 Å². The molecule has 1 N–H and O–H groups in total. The minimum atomic E-state index is 0.0255. The van der Waals surface area contributed by atoms with E-state index in [1.165, 1.54) is 5.56 Å². The molecule has 34 heavy (non-hydrogen) atoms. The quantitative estimate of drug-likeness (QED) is 0.724. The molecule has 1 aromatic heterocycles. The van der Waals surface area contributed by atoms with E-state index in [4.69, 9.17) is 16.9 Å². The van der Waals surface area contributed by atoms with Gasteiger partial charge >= 0.3 is 6.03 Å². The summed E-state index contributed by atoms with van der Waals surface area (Å²) in [6.45, 7) is 8.60. The summed E-state index contributed by atoms with van der Waals surface area (Å²) in [6.07, 6.45) is 5.19. The van der Waals surface area contributed by atoms with E-state index in [1.54, 1.807) is 12.4 Å². The highest BCUT2D eigenvalue weighted by molar-refractivity contribution is 6.30. The van der Waals surface area contributed by atoms with Gasteiger partial charge in [-0.2, -0.15) is 5.26 Å². The van der Waals surface area contributed by atoms with Gasteiger partial charge < -0.3 is 15.1 Å². The topological polar surface area (TPSA) is 88.4 Å². The van der Waals surface area contributed by atoms with Gasteiger partial charge in [0, 0.05) is 55.9 Å². The first-order valence-electron chi connectivity index (χ1n) is 11.9. The third-order valence-corrected chi connectivity index (χ3v) is 7.58. The lowest BCUT2D eigenvalue weighted by molar-refractivity contribution is -0.0812. The zero-order valence-electron chi connectivity index (χ0n) is 19.6. The molecule has 2 saturated heterocycles. The monoisotopic (exact) mass is 479 g/mol. The molecule has 1 saturated carbocycles. The highest BCUT2D eigenvalue weighted by Gasteiger charge is 2.52. The van der Waals surface area contributed by atoms with Crippen LogP contribution in [0.4, 0.5) is 10.7 Å². The van der Waals surface area contributed by atoms with Crippen molar-refractivity contribution in [2.75, 3.05) is 31.1 Å². The number of halogens is 1. The second-order valence-corrected chi connectivity index (χ2v) is 10.7. The summed E-state index contributed by atoms with van der Waals surface area (Å²) in [4.78, 5) is 28.2. The van der Waals surface area contributed by atoms with Gasteiger partial charge in [-0.3, -0.25) is 4.90 Å². The average Bonchev–Trinajstić information content (AvgIpc) is 2.77. The van der Waals surface area contributed by atoms with Crippen LogP contribution >= 0.6 is 11.6 Å². The Hall–Kier alpha value is -2.89. The number of urea groups is 1. The minimum Gasteiger partial charge on any atom is -0.337 e. The standard InChI is InChI=1S/C25H30ClN7O/c1-17-12-32(23-28-10-20(9-27)11-29-23)13-18(2)33(17)24(34)30-22-7-25(8-22)15-31(16-25)14-19-3-5-21(26)6-4-19/h3-6,10-11,17-18,22H,7-8,12-16H2,1-2H3,(H,30,34)/t17-,18+. The molecule has 2 amide bonds. The van der Waals surface area contributed by atoms with E-state index >= 15 is 0 Å². The van der Waals surface area contributed by atoms with Gasteiger partial charge in [0.05, 0.1) is 18.0 Å². The molecule has 1 aliphatic carbocycles. The normalized spacial score (nSPS) is 24.3. The van der Waals surface area contributed by atoms with Crippen LogP contribution in [-0.2, 0) is 6.54 Å². The molecule has 178 valence electrons. The number of likely N-dealkylation sites (tertiary alicyclic amines) is 1. The lowest BCUT2D eigenvalue weighted by Gasteiger charge is -2.59. The predicted molar refractivity (Wildman–Crippen MR) is 130 cm³/mol. The molecule has 1 spiro atoms. The maximum atomic E-state index is 13.1. The molecule has 2 aliphatic heterocycles. The molecule has 3 fully saturated rings. The SMILES string of the molecule is C[C@@H]1CN(c2ncc(C#N)cn2)C[C@H](C)N1C(=O)NC1CC2(C1)CN(Cc1ccc(Cl)cc1)C2. The van der Waals surface area contributed by atoms with Crippen LogP contribution in [0.25, 0.3) is 0 Å². The summed E-state index contributed by atoms with van der Waals surface area (Å²) in [5.74, 6) is 0.604. The van der Waals surface area contributed by atoms with Gasteiger partial charge in [0.15, 0.2) is 0 Å². The van der Waals surface area contributed by atoms with Crippen LogP contribution in [0.5, 0.6) is 0 Å². The zero-order valence-corrected chi connectivity index (χ0v) is 20.4. The molecule has 8 nitrogen and oxygen atoms in total. The Bertz CT molecular complexity index is 1060. The third kappa shape index (κ3) is 4.55. The number of nitriles is 1. The molecule has 0 unspecified atom stereocenters.